The number of carboxylic acids is 1. The summed E-state index contributed by atoms with van der Waals surface area (Å²) in [5.74, 6) is -0.0682. The Kier molecular flexibility index (Phi) is 4.66. The van der Waals surface area contributed by atoms with E-state index in [2.05, 4.69) is 35.0 Å². The second-order valence-electron chi connectivity index (χ2n) is 4.20. The van der Waals surface area contributed by atoms with Crippen LogP contribution >= 0.6 is 27.7 Å². The molecule has 19 heavy (non-hydrogen) atoms. The van der Waals surface area contributed by atoms with Gasteiger partial charge in [-0.05, 0) is 36.2 Å². The van der Waals surface area contributed by atoms with Crippen LogP contribution in [-0.4, -0.2) is 11.1 Å². The van der Waals surface area contributed by atoms with Crippen molar-refractivity contribution in [1.82, 2.24) is 0 Å². The number of halogens is 1. The van der Waals surface area contributed by atoms with E-state index in [1.54, 1.807) is 23.9 Å². The Morgan fingerprint density at radius 3 is 2.68 bits per heavy atom. The van der Waals surface area contributed by atoms with Crippen molar-refractivity contribution in [3.05, 3.63) is 63.6 Å². The third kappa shape index (κ3) is 3.85. The quantitative estimate of drug-likeness (QED) is 0.818. The first kappa shape index (κ1) is 14.2. The van der Waals surface area contributed by atoms with E-state index in [-0.39, 0.29) is 0 Å². The highest BCUT2D eigenvalue weighted by Crippen LogP contribution is 2.28. The van der Waals surface area contributed by atoms with Crippen LogP contribution in [0.5, 0.6) is 0 Å². The molecule has 0 heterocycles. The summed E-state index contributed by atoms with van der Waals surface area (Å²) in [6, 6.07) is 13.5. The van der Waals surface area contributed by atoms with Crippen LogP contribution in [0.15, 0.2) is 51.8 Å². The molecule has 0 aliphatic carbocycles. The zero-order valence-corrected chi connectivity index (χ0v) is 12.8. The first-order valence-electron chi connectivity index (χ1n) is 5.77. The van der Waals surface area contributed by atoms with Crippen LogP contribution in [0.3, 0.4) is 0 Å². The number of aromatic carboxylic acids is 1. The lowest BCUT2D eigenvalue weighted by Gasteiger charge is -2.07. The summed E-state index contributed by atoms with van der Waals surface area (Å²) in [5, 5.41) is 9.03. The molecule has 0 saturated heterocycles. The van der Waals surface area contributed by atoms with Gasteiger partial charge in [0.05, 0.1) is 5.56 Å². The lowest BCUT2D eigenvalue weighted by Crippen LogP contribution is -1.96. The van der Waals surface area contributed by atoms with Gasteiger partial charge in [0.1, 0.15) is 0 Å². The summed E-state index contributed by atoms with van der Waals surface area (Å²) in [5.41, 5.74) is 2.83. The minimum Gasteiger partial charge on any atom is -0.478 e. The van der Waals surface area contributed by atoms with E-state index in [4.69, 9.17) is 5.11 Å². The Morgan fingerprint density at radius 2 is 2.00 bits per heavy atom. The van der Waals surface area contributed by atoms with Crippen molar-refractivity contribution < 1.29 is 9.90 Å². The summed E-state index contributed by atoms with van der Waals surface area (Å²) in [4.78, 5) is 12.0. The molecular formula is C15H13BrO2S. The third-order valence-corrected chi connectivity index (χ3v) is 4.26. The van der Waals surface area contributed by atoms with E-state index >= 15 is 0 Å². The maximum Gasteiger partial charge on any atom is 0.335 e. The van der Waals surface area contributed by atoms with Gasteiger partial charge in [-0.25, -0.2) is 4.79 Å². The maximum absolute atomic E-state index is 11.0. The average molecular weight is 337 g/mol. The molecule has 4 heteroatoms. The third-order valence-electron chi connectivity index (χ3n) is 2.77. The molecule has 2 aromatic carbocycles. The van der Waals surface area contributed by atoms with Crippen molar-refractivity contribution in [2.45, 2.75) is 17.6 Å². The predicted molar refractivity (Wildman–Crippen MR) is 81.8 cm³/mol. The van der Waals surface area contributed by atoms with Crippen molar-refractivity contribution in [3.63, 3.8) is 0 Å². The molecule has 0 saturated carbocycles. The molecular weight excluding hydrogens is 324 g/mol. The van der Waals surface area contributed by atoms with Gasteiger partial charge in [0, 0.05) is 15.1 Å². The van der Waals surface area contributed by atoms with Crippen LogP contribution in [0.2, 0.25) is 0 Å². The average Bonchev–Trinajstić information content (AvgIpc) is 2.37. The molecule has 0 aliphatic rings. The van der Waals surface area contributed by atoms with E-state index < -0.39 is 5.97 Å². The van der Waals surface area contributed by atoms with Gasteiger partial charge in [0.15, 0.2) is 0 Å². The number of hydrogen-bond donors (Lipinski definition) is 1. The smallest absolute Gasteiger partial charge is 0.335 e. The van der Waals surface area contributed by atoms with Gasteiger partial charge in [-0.15, -0.1) is 11.8 Å². The lowest BCUT2D eigenvalue weighted by atomic mass is 10.1. The van der Waals surface area contributed by atoms with E-state index in [1.807, 2.05) is 18.2 Å². The van der Waals surface area contributed by atoms with Gasteiger partial charge in [-0.2, -0.15) is 0 Å². The molecule has 1 N–H and O–H groups in total. The van der Waals surface area contributed by atoms with Crippen molar-refractivity contribution >= 4 is 33.7 Å². The summed E-state index contributed by atoms with van der Waals surface area (Å²) in [7, 11) is 0. The number of benzene rings is 2. The fraction of sp³-hybridized carbons (Fsp3) is 0.133. The van der Waals surface area contributed by atoms with Crippen LogP contribution in [0.1, 0.15) is 21.5 Å². The zero-order chi connectivity index (χ0) is 13.8. The Morgan fingerprint density at radius 1 is 1.26 bits per heavy atom. The highest BCUT2D eigenvalue weighted by molar-refractivity contribution is 9.10. The first-order chi connectivity index (χ1) is 9.06. The topological polar surface area (TPSA) is 37.3 Å². The highest BCUT2D eigenvalue weighted by Gasteiger charge is 2.07. The minimum atomic E-state index is -0.904. The second-order valence-corrected chi connectivity index (χ2v) is 6.16. The number of hydrogen-bond acceptors (Lipinski definition) is 2. The van der Waals surface area contributed by atoms with E-state index in [0.717, 1.165) is 15.1 Å². The molecule has 0 radical (unpaired) electrons. The Labute approximate surface area is 125 Å². The van der Waals surface area contributed by atoms with Gasteiger partial charge >= 0.3 is 5.97 Å². The van der Waals surface area contributed by atoms with Crippen molar-refractivity contribution in [3.8, 4) is 0 Å². The number of aryl methyl sites for hydroxylation is 1. The molecule has 2 rings (SSSR count). The maximum atomic E-state index is 11.0. The van der Waals surface area contributed by atoms with E-state index in [1.165, 1.54) is 11.1 Å². The fourth-order valence-electron chi connectivity index (χ4n) is 1.70. The van der Waals surface area contributed by atoms with Crippen molar-refractivity contribution in [2.24, 2.45) is 0 Å². The summed E-state index contributed by atoms with van der Waals surface area (Å²) >= 11 is 4.99. The molecule has 0 amide bonds. The van der Waals surface area contributed by atoms with Crippen LogP contribution in [-0.2, 0) is 5.75 Å². The molecule has 0 atom stereocenters. The van der Waals surface area contributed by atoms with Gasteiger partial charge in [0.25, 0.3) is 0 Å². The van der Waals surface area contributed by atoms with Gasteiger partial charge in [-0.1, -0.05) is 40.2 Å². The van der Waals surface area contributed by atoms with E-state index in [9.17, 15) is 4.79 Å². The Bertz CT molecular complexity index is 611. The lowest BCUT2D eigenvalue weighted by molar-refractivity contribution is 0.0696. The summed E-state index contributed by atoms with van der Waals surface area (Å²) in [6.07, 6.45) is 0. The van der Waals surface area contributed by atoms with Crippen LogP contribution in [0.25, 0.3) is 0 Å². The van der Waals surface area contributed by atoms with Gasteiger partial charge < -0.3 is 5.11 Å². The Hall–Kier alpha value is -1.26. The molecule has 2 aromatic rings. The molecule has 0 aromatic heterocycles. The van der Waals surface area contributed by atoms with Crippen LogP contribution < -0.4 is 0 Å². The van der Waals surface area contributed by atoms with Crippen molar-refractivity contribution in [1.29, 1.82) is 0 Å². The molecule has 0 bridgehead atoms. The number of rotatable bonds is 4. The Balaban J connectivity index is 2.16. The van der Waals surface area contributed by atoms with Crippen molar-refractivity contribution in [2.75, 3.05) is 0 Å². The molecule has 2 nitrogen and oxygen atoms in total. The molecule has 0 aliphatic heterocycles. The van der Waals surface area contributed by atoms with Gasteiger partial charge in [-0.3, -0.25) is 0 Å². The minimum absolute atomic E-state index is 0.307. The molecule has 0 spiro atoms. The SMILES string of the molecule is Cc1ccccc1CSc1cc(Br)cc(C(=O)O)c1. The first-order valence-corrected chi connectivity index (χ1v) is 7.55. The van der Waals surface area contributed by atoms with Crippen LogP contribution in [0.4, 0.5) is 0 Å². The zero-order valence-electron chi connectivity index (χ0n) is 10.4. The number of thioether (sulfide) groups is 1. The normalized spacial score (nSPS) is 10.4. The monoisotopic (exact) mass is 336 g/mol. The van der Waals surface area contributed by atoms with Gasteiger partial charge in [0.2, 0.25) is 0 Å². The van der Waals surface area contributed by atoms with E-state index in [0.29, 0.717) is 5.56 Å². The number of carboxylic acid groups (broad SMARTS) is 1. The highest BCUT2D eigenvalue weighted by atomic mass is 79.9. The predicted octanol–water partition coefficient (Wildman–Crippen LogP) is 4.75. The second kappa shape index (κ2) is 6.26. The molecule has 98 valence electrons. The van der Waals surface area contributed by atoms with Crippen LogP contribution in [0, 0.1) is 6.92 Å². The largest absolute Gasteiger partial charge is 0.478 e. The number of carbonyl (C=O) groups is 1. The summed E-state index contributed by atoms with van der Waals surface area (Å²) < 4.78 is 0.791. The molecule has 0 fully saturated rings. The molecule has 0 unspecified atom stereocenters. The summed E-state index contributed by atoms with van der Waals surface area (Å²) in [6.45, 7) is 2.08. The standard InChI is InChI=1S/C15H13BrO2S/c1-10-4-2-3-5-11(10)9-19-14-7-12(15(17)18)6-13(16)8-14/h2-8H,9H2,1H3,(H,17,18). The fourth-order valence-corrected chi connectivity index (χ4v) is 3.41.